The molecule has 0 radical (unpaired) electrons. The highest BCUT2D eigenvalue weighted by molar-refractivity contribution is 5.84. The van der Waals surface area contributed by atoms with Gasteiger partial charge in [-0.3, -0.25) is 0 Å². The van der Waals surface area contributed by atoms with Gasteiger partial charge in [0.15, 0.2) is 0 Å². The van der Waals surface area contributed by atoms with Gasteiger partial charge in [-0.1, -0.05) is 60.7 Å². The zero-order valence-corrected chi connectivity index (χ0v) is 13.7. The summed E-state index contributed by atoms with van der Waals surface area (Å²) in [5, 5.41) is 5.66. The summed E-state index contributed by atoms with van der Waals surface area (Å²) in [5.74, 6) is 0. The summed E-state index contributed by atoms with van der Waals surface area (Å²) in [6, 6.07) is 19.6. The number of rotatable bonds is 6. The maximum atomic E-state index is 12.9. The number of hydrazone groups is 1. The fraction of sp³-hybridized carbons (Fsp3) is 0.263. The van der Waals surface area contributed by atoms with E-state index in [0.29, 0.717) is 13.2 Å². The normalized spacial score (nSPS) is 17.4. The molecule has 0 spiro atoms. The summed E-state index contributed by atoms with van der Waals surface area (Å²) in [7, 11) is 0. The monoisotopic (exact) mass is 323 g/mol. The summed E-state index contributed by atoms with van der Waals surface area (Å²) in [6.45, 7) is 3.12. The number of hydrogen-bond donors (Lipinski definition) is 0. The summed E-state index contributed by atoms with van der Waals surface area (Å²) < 4.78 is 5.35. The van der Waals surface area contributed by atoms with Gasteiger partial charge in [-0.05, 0) is 18.1 Å². The molecule has 24 heavy (non-hydrogen) atoms. The maximum Gasteiger partial charge on any atom is 0.343 e. The molecule has 2 amide bonds. The average molecular weight is 323 g/mol. The SMILES string of the molecule is CCOCN1N=CC(c2ccccc2)N(Cc2ccccc2)C1=O. The number of urea groups is 1. The fourth-order valence-electron chi connectivity index (χ4n) is 2.67. The lowest BCUT2D eigenvalue weighted by Gasteiger charge is -2.36. The number of carbonyl (C=O) groups is 1. The molecule has 0 fully saturated rings. The minimum absolute atomic E-state index is 0.149. The zero-order chi connectivity index (χ0) is 16.8. The molecule has 1 heterocycles. The number of benzene rings is 2. The third-order valence-corrected chi connectivity index (χ3v) is 3.90. The van der Waals surface area contributed by atoms with Crippen LogP contribution in [0.2, 0.25) is 0 Å². The second kappa shape index (κ2) is 7.75. The summed E-state index contributed by atoms with van der Waals surface area (Å²) in [6.07, 6.45) is 1.80. The summed E-state index contributed by atoms with van der Waals surface area (Å²) >= 11 is 0. The van der Waals surface area contributed by atoms with Gasteiger partial charge in [0.2, 0.25) is 0 Å². The first-order valence-corrected chi connectivity index (χ1v) is 8.08. The lowest BCUT2D eigenvalue weighted by Crippen LogP contribution is -2.47. The molecule has 3 rings (SSSR count). The quantitative estimate of drug-likeness (QED) is 0.814. The second-order valence-corrected chi connectivity index (χ2v) is 5.54. The predicted molar refractivity (Wildman–Crippen MR) is 93.4 cm³/mol. The standard InChI is InChI=1S/C19H21N3O2/c1-2-24-15-22-19(23)21(14-16-9-5-3-6-10-16)18(13-20-22)17-11-7-4-8-12-17/h3-13,18H,2,14-15H2,1H3. The molecule has 124 valence electrons. The first-order chi connectivity index (χ1) is 11.8. The van der Waals surface area contributed by atoms with Crippen molar-refractivity contribution in [2.45, 2.75) is 19.5 Å². The van der Waals surface area contributed by atoms with E-state index in [2.05, 4.69) is 5.10 Å². The highest BCUT2D eigenvalue weighted by Gasteiger charge is 2.32. The molecular weight excluding hydrogens is 302 g/mol. The van der Waals surface area contributed by atoms with E-state index in [0.717, 1.165) is 11.1 Å². The van der Waals surface area contributed by atoms with Crippen molar-refractivity contribution in [3.63, 3.8) is 0 Å². The smallest absolute Gasteiger partial charge is 0.343 e. The number of ether oxygens (including phenoxy) is 1. The number of nitrogens with zero attached hydrogens (tertiary/aromatic N) is 3. The molecule has 1 aliphatic rings. The van der Waals surface area contributed by atoms with Gasteiger partial charge in [0.1, 0.15) is 6.73 Å². The van der Waals surface area contributed by atoms with Gasteiger partial charge in [-0.25, -0.2) is 4.79 Å². The van der Waals surface area contributed by atoms with E-state index in [4.69, 9.17) is 4.74 Å². The van der Waals surface area contributed by atoms with Crippen LogP contribution in [0.25, 0.3) is 0 Å². The molecule has 1 aliphatic heterocycles. The number of carbonyl (C=O) groups excluding carboxylic acids is 1. The van der Waals surface area contributed by atoms with Gasteiger partial charge in [0.05, 0.1) is 12.3 Å². The van der Waals surface area contributed by atoms with Gasteiger partial charge < -0.3 is 9.64 Å². The first kappa shape index (κ1) is 16.2. The molecule has 5 heteroatoms. The number of amides is 2. The van der Waals surface area contributed by atoms with Crippen molar-refractivity contribution in [1.82, 2.24) is 9.91 Å². The molecule has 2 aromatic carbocycles. The number of hydrogen-bond acceptors (Lipinski definition) is 3. The molecule has 0 saturated carbocycles. The minimum atomic E-state index is -0.184. The van der Waals surface area contributed by atoms with E-state index in [1.165, 1.54) is 5.01 Å². The Morgan fingerprint density at radius 1 is 1.04 bits per heavy atom. The van der Waals surface area contributed by atoms with Gasteiger partial charge >= 0.3 is 6.03 Å². The molecule has 0 bridgehead atoms. The molecule has 0 saturated heterocycles. The van der Waals surface area contributed by atoms with Crippen LogP contribution in [0.1, 0.15) is 24.1 Å². The van der Waals surface area contributed by atoms with Crippen molar-refractivity contribution in [2.24, 2.45) is 5.10 Å². The topological polar surface area (TPSA) is 45.1 Å². The van der Waals surface area contributed by atoms with E-state index in [1.54, 1.807) is 6.21 Å². The van der Waals surface area contributed by atoms with Gasteiger partial charge in [0, 0.05) is 13.2 Å². The van der Waals surface area contributed by atoms with Crippen LogP contribution in [0, 0.1) is 0 Å². The third-order valence-electron chi connectivity index (χ3n) is 3.90. The van der Waals surface area contributed by atoms with E-state index < -0.39 is 0 Å². The van der Waals surface area contributed by atoms with Crippen molar-refractivity contribution in [3.8, 4) is 0 Å². The first-order valence-electron chi connectivity index (χ1n) is 8.08. The Kier molecular flexibility index (Phi) is 5.23. The van der Waals surface area contributed by atoms with Crippen LogP contribution in [-0.4, -0.2) is 35.5 Å². The molecule has 0 N–H and O–H groups in total. The fourth-order valence-corrected chi connectivity index (χ4v) is 2.67. The lowest BCUT2D eigenvalue weighted by atomic mass is 10.1. The van der Waals surface area contributed by atoms with Crippen molar-refractivity contribution < 1.29 is 9.53 Å². The molecule has 2 aromatic rings. The van der Waals surface area contributed by atoms with E-state index in [1.807, 2.05) is 72.5 Å². The Morgan fingerprint density at radius 3 is 2.38 bits per heavy atom. The second-order valence-electron chi connectivity index (χ2n) is 5.54. The minimum Gasteiger partial charge on any atom is -0.359 e. The van der Waals surface area contributed by atoms with Gasteiger partial charge in [-0.15, -0.1) is 0 Å². The summed E-state index contributed by atoms with van der Waals surface area (Å²) in [4.78, 5) is 14.7. The van der Waals surface area contributed by atoms with Crippen molar-refractivity contribution in [1.29, 1.82) is 0 Å². The van der Waals surface area contributed by atoms with E-state index in [-0.39, 0.29) is 18.8 Å². The molecule has 0 aliphatic carbocycles. The Hall–Kier alpha value is -2.66. The Bertz CT molecular complexity index is 688. The Balaban J connectivity index is 1.88. The van der Waals surface area contributed by atoms with Crippen LogP contribution in [-0.2, 0) is 11.3 Å². The molecular formula is C19H21N3O2. The lowest BCUT2D eigenvalue weighted by molar-refractivity contribution is 0.0360. The largest absolute Gasteiger partial charge is 0.359 e. The molecule has 1 atom stereocenters. The Morgan fingerprint density at radius 2 is 1.71 bits per heavy atom. The third kappa shape index (κ3) is 3.63. The van der Waals surface area contributed by atoms with Gasteiger partial charge in [0.25, 0.3) is 0 Å². The van der Waals surface area contributed by atoms with Gasteiger partial charge in [-0.2, -0.15) is 10.1 Å². The van der Waals surface area contributed by atoms with Crippen LogP contribution in [0.4, 0.5) is 4.79 Å². The highest BCUT2D eigenvalue weighted by Crippen LogP contribution is 2.26. The van der Waals surface area contributed by atoms with E-state index >= 15 is 0 Å². The van der Waals surface area contributed by atoms with Crippen molar-refractivity contribution in [3.05, 3.63) is 71.8 Å². The van der Waals surface area contributed by atoms with Crippen molar-refractivity contribution in [2.75, 3.05) is 13.3 Å². The van der Waals surface area contributed by atoms with Crippen LogP contribution in [0.3, 0.4) is 0 Å². The van der Waals surface area contributed by atoms with Crippen LogP contribution in [0.15, 0.2) is 65.8 Å². The molecule has 1 unspecified atom stereocenters. The maximum absolute atomic E-state index is 12.9. The van der Waals surface area contributed by atoms with E-state index in [9.17, 15) is 4.79 Å². The van der Waals surface area contributed by atoms with Crippen LogP contribution in [0.5, 0.6) is 0 Å². The average Bonchev–Trinajstić information content (AvgIpc) is 2.64. The van der Waals surface area contributed by atoms with Crippen LogP contribution < -0.4 is 0 Å². The van der Waals surface area contributed by atoms with Crippen LogP contribution >= 0.6 is 0 Å². The van der Waals surface area contributed by atoms with Crippen molar-refractivity contribution >= 4 is 12.2 Å². The summed E-state index contributed by atoms with van der Waals surface area (Å²) in [5.41, 5.74) is 2.13. The predicted octanol–water partition coefficient (Wildman–Crippen LogP) is 3.65. The Labute approximate surface area is 142 Å². The molecule has 0 aromatic heterocycles. The molecule has 5 nitrogen and oxygen atoms in total. The zero-order valence-electron chi connectivity index (χ0n) is 13.7. The highest BCUT2D eigenvalue weighted by atomic mass is 16.5.